The highest BCUT2D eigenvalue weighted by Crippen LogP contribution is 2.32. The molecule has 36 heavy (non-hydrogen) atoms. The van der Waals surface area contributed by atoms with Gasteiger partial charge in [-0.3, -0.25) is 4.68 Å². The van der Waals surface area contributed by atoms with Gasteiger partial charge in [-0.05, 0) is 50.1 Å². The molecule has 5 nitrogen and oxygen atoms in total. The minimum atomic E-state index is -4.46. The number of hydrogen-bond acceptors (Lipinski definition) is 4. The van der Waals surface area contributed by atoms with E-state index < -0.39 is 23.3 Å². The molecule has 0 aliphatic rings. The van der Waals surface area contributed by atoms with Gasteiger partial charge in [0, 0.05) is 16.0 Å². The van der Waals surface area contributed by atoms with Crippen molar-refractivity contribution >= 4 is 28.6 Å². The third-order valence-electron chi connectivity index (χ3n) is 5.37. The van der Waals surface area contributed by atoms with Crippen molar-refractivity contribution in [1.29, 1.82) is 0 Å². The minimum absolute atomic E-state index is 0.181. The Morgan fingerprint density at radius 3 is 2.64 bits per heavy atom. The van der Waals surface area contributed by atoms with Crippen LogP contribution in [-0.2, 0) is 17.1 Å². The van der Waals surface area contributed by atoms with Gasteiger partial charge in [0.25, 0.3) is 0 Å². The van der Waals surface area contributed by atoms with Gasteiger partial charge in [-0.1, -0.05) is 49.1 Å². The molecule has 1 heterocycles. The van der Waals surface area contributed by atoms with Crippen LogP contribution in [0.2, 0.25) is 0 Å². The van der Waals surface area contributed by atoms with Crippen molar-refractivity contribution in [2.75, 3.05) is 0 Å². The second-order valence-corrected chi connectivity index (χ2v) is 9.62. The van der Waals surface area contributed by atoms with Crippen LogP contribution in [0.1, 0.15) is 25.0 Å². The quantitative estimate of drug-likeness (QED) is 0.230. The van der Waals surface area contributed by atoms with Crippen LogP contribution in [-0.4, -0.2) is 32.6 Å². The zero-order valence-corrected chi connectivity index (χ0v) is 21.0. The van der Waals surface area contributed by atoms with E-state index in [9.17, 15) is 23.1 Å². The molecule has 0 aliphatic carbocycles. The summed E-state index contributed by atoms with van der Waals surface area (Å²) in [5, 5.41) is 14.6. The van der Waals surface area contributed by atoms with Gasteiger partial charge in [0.2, 0.25) is 0 Å². The third-order valence-corrected chi connectivity index (χ3v) is 6.41. The van der Waals surface area contributed by atoms with E-state index in [1.165, 1.54) is 19.9 Å². The van der Waals surface area contributed by atoms with Crippen LogP contribution >= 0.6 is 11.8 Å². The number of thioether (sulfide) groups is 1. The monoisotopic (exact) mass is 516 g/mol. The number of benzene rings is 2. The number of fused-ring (bicyclic) bond motifs is 1. The van der Waals surface area contributed by atoms with Crippen LogP contribution in [0, 0.1) is 6.92 Å². The van der Waals surface area contributed by atoms with Crippen LogP contribution in [0.5, 0.6) is 5.75 Å². The molecule has 0 fully saturated rings. The van der Waals surface area contributed by atoms with E-state index in [4.69, 9.17) is 4.74 Å². The van der Waals surface area contributed by atoms with Crippen molar-refractivity contribution in [2.24, 2.45) is 0 Å². The van der Waals surface area contributed by atoms with Crippen molar-refractivity contribution in [3.05, 3.63) is 90.2 Å². The summed E-state index contributed by atoms with van der Waals surface area (Å²) in [5.41, 5.74) is 0.543. The number of para-hydroxylation sites is 1. The Bertz CT molecular complexity index is 1320. The highest BCUT2D eigenvalue weighted by molar-refractivity contribution is 7.98. The Balaban J connectivity index is 1.77. The van der Waals surface area contributed by atoms with Crippen LogP contribution < -0.4 is 4.74 Å². The number of hydrogen-bond donors (Lipinski definition) is 1. The number of alkyl halides is 3. The normalized spacial score (nSPS) is 12.9. The first-order valence-electron chi connectivity index (χ1n) is 11.1. The summed E-state index contributed by atoms with van der Waals surface area (Å²) in [6.45, 7) is 8.37. The lowest BCUT2D eigenvalue weighted by molar-refractivity contribution is -0.152. The predicted octanol–water partition coefficient (Wildman–Crippen LogP) is 7.11. The van der Waals surface area contributed by atoms with Gasteiger partial charge in [0.15, 0.2) is 5.60 Å². The van der Waals surface area contributed by atoms with Crippen molar-refractivity contribution in [3.63, 3.8) is 0 Å². The zero-order valence-electron chi connectivity index (χ0n) is 20.2. The summed E-state index contributed by atoms with van der Waals surface area (Å²) in [5.74, 6) is 0.0608. The Labute approximate surface area is 212 Å². The van der Waals surface area contributed by atoms with Crippen LogP contribution in [0.4, 0.5) is 13.2 Å². The Morgan fingerprint density at radius 2 is 2.00 bits per heavy atom. The number of ether oxygens (including phenoxy) is 1. The molecule has 0 bridgehead atoms. The van der Waals surface area contributed by atoms with Gasteiger partial charge in [-0.15, -0.1) is 11.8 Å². The number of carboxylic acids is 1. The average molecular weight is 517 g/mol. The smallest absolute Gasteiger partial charge is 0.416 e. The first-order chi connectivity index (χ1) is 16.9. The van der Waals surface area contributed by atoms with Crippen LogP contribution in [0.25, 0.3) is 10.9 Å². The van der Waals surface area contributed by atoms with Crippen LogP contribution in [0.15, 0.2) is 83.9 Å². The van der Waals surface area contributed by atoms with Gasteiger partial charge >= 0.3 is 12.1 Å². The van der Waals surface area contributed by atoms with E-state index in [0.29, 0.717) is 11.5 Å². The van der Waals surface area contributed by atoms with Crippen molar-refractivity contribution < 1.29 is 27.8 Å². The number of aryl methyl sites for hydroxylation is 1. The standard InChI is InChI=1S/C27H27F3N2O3S/c1-5-8-21(27(28,29)30)11-7-14-32-24-19(16-31-32)9-6-10-20(24)17-36-22-12-13-23(18(2)15-22)35-26(3,4)25(33)34/h5-13,15-16H,1,14,17H2,2-4H3,(H,33,34)/b11-7-,21-8+. The second kappa shape index (κ2) is 11.1. The lowest BCUT2D eigenvalue weighted by Gasteiger charge is -2.23. The highest BCUT2D eigenvalue weighted by atomic mass is 32.2. The SMILES string of the molecule is C=C/C=C(\C=C/Cn1ncc2cccc(CSc3ccc(OC(C)(C)C(=O)O)c(C)c3)c21)C(F)(F)F. The molecule has 0 saturated heterocycles. The van der Waals surface area contributed by atoms with Gasteiger partial charge in [0.1, 0.15) is 5.75 Å². The molecule has 2 aromatic carbocycles. The Hall–Kier alpha value is -3.46. The fourth-order valence-corrected chi connectivity index (χ4v) is 4.41. The van der Waals surface area contributed by atoms with Gasteiger partial charge in [0.05, 0.1) is 23.8 Å². The Morgan fingerprint density at radius 1 is 1.25 bits per heavy atom. The molecule has 1 aromatic heterocycles. The van der Waals surface area contributed by atoms with Gasteiger partial charge < -0.3 is 9.84 Å². The van der Waals surface area contributed by atoms with E-state index in [1.54, 1.807) is 28.7 Å². The maximum atomic E-state index is 13.1. The zero-order chi connectivity index (χ0) is 26.5. The molecule has 0 saturated carbocycles. The molecule has 9 heteroatoms. The molecule has 0 unspecified atom stereocenters. The number of nitrogens with zero attached hydrogens (tertiary/aromatic N) is 2. The second-order valence-electron chi connectivity index (χ2n) is 8.57. The summed E-state index contributed by atoms with van der Waals surface area (Å²) < 4.78 is 46.6. The van der Waals surface area contributed by atoms with E-state index >= 15 is 0 Å². The van der Waals surface area contributed by atoms with E-state index in [-0.39, 0.29) is 6.54 Å². The summed E-state index contributed by atoms with van der Waals surface area (Å²) in [6, 6.07) is 11.4. The molecule has 0 radical (unpaired) electrons. The molecular formula is C27H27F3N2O3S. The summed E-state index contributed by atoms with van der Waals surface area (Å²) in [4.78, 5) is 12.3. The fraction of sp³-hybridized carbons (Fsp3) is 0.259. The fourth-order valence-electron chi connectivity index (χ4n) is 3.43. The lowest BCUT2D eigenvalue weighted by atomic mass is 10.1. The molecule has 0 aliphatic heterocycles. The Kier molecular flexibility index (Phi) is 8.35. The number of aliphatic carboxylic acids is 1. The average Bonchev–Trinajstić information content (AvgIpc) is 3.21. The van der Waals surface area contributed by atoms with E-state index in [1.807, 2.05) is 37.3 Å². The largest absolute Gasteiger partial charge is 0.478 e. The first-order valence-corrected chi connectivity index (χ1v) is 12.1. The molecule has 1 N–H and O–H groups in total. The number of aromatic nitrogens is 2. The molecular weight excluding hydrogens is 489 g/mol. The minimum Gasteiger partial charge on any atom is -0.478 e. The first kappa shape index (κ1) is 27.1. The lowest BCUT2D eigenvalue weighted by Crippen LogP contribution is -2.38. The van der Waals surface area contributed by atoms with Crippen molar-refractivity contribution in [3.8, 4) is 5.75 Å². The van der Waals surface area contributed by atoms with Gasteiger partial charge in [-0.2, -0.15) is 18.3 Å². The maximum Gasteiger partial charge on any atom is 0.416 e. The van der Waals surface area contributed by atoms with Crippen LogP contribution in [0.3, 0.4) is 0 Å². The molecule has 0 spiro atoms. The maximum absolute atomic E-state index is 13.1. The number of carboxylic acid groups (broad SMARTS) is 1. The van der Waals surface area contributed by atoms with Gasteiger partial charge in [-0.25, -0.2) is 4.79 Å². The predicted molar refractivity (Wildman–Crippen MR) is 136 cm³/mol. The third kappa shape index (κ3) is 6.60. The van der Waals surface area contributed by atoms with Crippen molar-refractivity contribution in [1.82, 2.24) is 9.78 Å². The molecule has 3 rings (SSSR count). The van der Waals surface area contributed by atoms with Crippen molar-refractivity contribution in [2.45, 2.75) is 49.7 Å². The van der Waals surface area contributed by atoms with E-state index in [2.05, 4.69) is 11.7 Å². The molecule has 0 amide bonds. The molecule has 190 valence electrons. The summed E-state index contributed by atoms with van der Waals surface area (Å²) in [7, 11) is 0. The number of halogens is 3. The highest BCUT2D eigenvalue weighted by Gasteiger charge is 2.31. The number of allylic oxidation sites excluding steroid dienone is 5. The molecule has 0 atom stereocenters. The topological polar surface area (TPSA) is 64.4 Å². The summed E-state index contributed by atoms with van der Waals surface area (Å²) >= 11 is 1.59. The number of carbonyl (C=O) groups is 1. The summed E-state index contributed by atoms with van der Waals surface area (Å²) in [6.07, 6.45) is 1.74. The number of rotatable bonds is 10. The van der Waals surface area contributed by atoms with E-state index in [0.717, 1.165) is 45.2 Å². The molecule has 3 aromatic rings.